The molecule has 1 aliphatic rings. The van der Waals surface area contributed by atoms with E-state index in [1.165, 1.54) is 27.3 Å². The highest BCUT2D eigenvalue weighted by Gasteiger charge is 2.63. The van der Waals surface area contributed by atoms with Crippen molar-refractivity contribution < 1.29 is 29.5 Å². The van der Waals surface area contributed by atoms with Crippen LogP contribution in [-0.4, -0.2) is 63.0 Å². The van der Waals surface area contributed by atoms with E-state index in [9.17, 15) is 24.9 Å². The van der Waals surface area contributed by atoms with Crippen molar-refractivity contribution >= 4 is 0 Å². The van der Waals surface area contributed by atoms with E-state index in [0.717, 1.165) is 4.57 Å². The van der Waals surface area contributed by atoms with E-state index in [-0.39, 0.29) is 12.0 Å². The SMILES string of the molecule is CCC[C@@]1(O)[C@@H](C(O)C(c2ccccc2)(c2ccccc2OC)c2ccccc2OC)O[C@@H](n2cc(C)c(=O)[nH]c2=O)[C@@H]1O. The molecule has 2 heterocycles. The third-order valence-corrected chi connectivity index (χ3v) is 8.65. The minimum atomic E-state index is -2.02. The summed E-state index contributed by atoms with van der Waals surface area (Å²) in [5.74, 6) is 0.922. The molecule has 5 atom stereocenters. The van der Waals surface area contributed by atoms with Gasteiger partial charge in [-0.25, -0.2) is 4.79 Å². The van der Waals surface area contributed by atoms with Gasteiger partial charge < -0.3 is 29.5 Å². The molecule has 1 aliphatic heterocycles. The Labute approximate surface area is 255 Å². The Hall–Kier alpha value is -4.22. The summed E-state index contributed by atoms with van der Waals surface area (Å²) in [7, 11) is 3.07. The first-order valence-corrected chi connectivity index (χ1v) is 14.5. The number of aliphatic hydroxyl groups is 3. The maximum Gasteiger partial charge on any atom is 0.330 e. The van der Waals surface area contributed by atoms with Crippen LogP contribution >= 0.6 is 0 Å². The second-order valence-electron chi connectivity index (χ2n) is 11.1. The number of para-hydroxylation sites is 2. The van der Waals surface area contributed by atoms with E-state index in [4.69, 9.17) is 14.2 Å². The summed E-state index contributed by atoms with van der Waals surface area (Å²) < 4.78 is 19.1. The quantitative estimate of drug-likeness (QED) is 0.203. The van der Waals surface area contributed by atoms with Crippen molar-refractivity contribution in [1.29, 1.82) is 0 Å². The smallest absolute Gasteiger partial charge is 0.330 e. The zero-order valence-electron chi connectivity index (χ0n) is 25.1. The van der Waals surface area contributed by atoms with E-state index in [0.29, 0.717) is 34.6 Å². The highest BCUT2D eigenvalue weighted by Crippen LogP contribution is 2.53. The van der Waals surface area contributed by atoms with Crippen molar-refractivity contribution in [2.45, 2.75) is 62.2 Å². The fraction of sp³-hybridized carbons (Fsp3) is 0.353. The van der Waals surface area contributed by atoms with Crippen LogP contribution in [0.15, 0.2) is 94.6 Å². The maximum absolute atomic E-state index is 12.9. The molecule has 0 amide bonds. The van der Waals surface area contributed by atoms with Gasteiger partial charge in [0.05, 0.1) is 19.6 Å². The third kappa shape index (κ3) is 4.93. The van der Waals surface area contributed by atoms with E-state index >= 15 is 0 Å². The molecule has 1 fully saturated rings. The summed E-state index contributed by atoms with van der Waals surface area (Å²) in [4.78, 5) is 27.3. The van der Waals surface area contributed by atoms with E-state index < -0.39 is 46.8 Å². The molecule has 232 valence electrons. The fourth-order valence-corrected chi connectivity index (χ4v) is 6.60. The molecule has 1 saturated heterocycles. The molecule has 5 rings (SSSR count). The van der Waals surface area contributed by atoms with Gasteiger partial charge in [-0.15, -0.1) is 0 Å². The van der Waals surface area contributed by atoms with Crippen molar-refractivity contribution in [3.05, 3.63) is 128 Å². The average Bonchev–Trinajstić information content (AvgIpc) is 3.29. The Balaban J connectivity index is 1.84. The van der Waals surface area contributed by atoms with Crippen LogP contribution in [0.1, 0.15) is 48.2 Å². The van der Waals surface area contributed by atoms with Crippen LogP contribution in [0.3, 0.4) is 0 Å². The normalized spacial score (nSPS) is 22.5. The Kier molecular flexibility index (Phi) is 8.80. The Morgan fingerprint density at radius 3 is 2.05 bits per heavy atom. The number of methoxy groups -OCH3 is 2. The molecule has 1 unspecified atom stereocenters. The zero-order chi connectivity index (χ0) is 31.6. The van der Waals surface area contributed by atoms with E-state index in [1.54, 1.807) is 12.1 Å². The van der Waals surface area contributed by atoms with Gasteiger partial charge in [0.1, 0.15) is 35.4 Å². The number of nitrogens with one attached hydrogen (secondary N) is 1. The second kappa shape index (κ2) is 12.4. The van der Waals surface area contributed by atoms with Crippen LogP contribution in [0.4, 0.5) is 0 Å². The minimum Gasteiger partial charge on any atom is -0.496 e. The highest BCUT2D eigenvalue weighted by molar-refractivity contribution is 5.60. The Morgan fingerprint density at radius 1 is 0.955 bits per heavy atom. The zero-order valence-corrected chi connectivity index (χ0v) is 25.1. The number of nitrogens with zero attached hydrogens (tertiary/aromatic N) is 1. The van der Waals surface area contributed by atoms with Crippen LogP contribution < -0.4 is 20.7 Å². The second-order valence-corrected chi connectivity index (χ2v) is 11.1. The van der Waals surface area contributed by atoms with Gasteiger partial charge in [0.25, 0.3) is 5.56 Å². The Morgan fingerprint density at radius 2 is 1.50 bits per heavy atom. The first-order valence-electron chi connectivity index (χ1n) is 14.5. The lowest BCUT2D eigenvalue weighted by atomic mass is 9.62. The van der Waals surface area contributed by atoms with Crippen LogP contribution in [0.25, 0.3) is 0 Å². The lowest BCUT2D eigenvalue weighted by Crippen LogP contribution is -2.58. The summed E-state index contributed by atoms with van der Waals surface area (Å²) in [5.41, 5.74) is -2.94. The number of benzene rings is 3. The predicted molar refractivity (Wildman–Crippen MR) is 164 cm³/mol. The maximum atomic E-state index is 12.9. The summed E-state index contributed by atoms with van der Waals surface area (Å²) in [6.07, 6.45) is -4.36. The number of aryl methyl sites for hydroxylation is 1. The summed E-state index contributed by atoms with van der Waals surface area (Å²) in [5, 5.41) is 36.9. The number of ether oxygens (including phenoxy) is 3. The monoisotopic (exact) mass is 602 g/mol. The standard InChI is InChI=1S/C34H38N2O8/c1-5-19-33(41)28(38)31(36-20-21(2)30(39)35-32(36)40)44-29(33)27(37)34(22-13-7-6-8-14-22,23-15-9-11-17-25(23)42-3)24-16-10-12-18-26(24)43-4/h6-18,20,27-29,31,37-38,41H,5,19H2,1-4H3,(H,35,39,40)/t27?,28-,29+,31+,33-/m0/s1. The van der Waals surface area contributed by atoms with E-state index in [1.807, 2.05) is 73.7 Å². The summed E-state index contributed by atoms with van der Waals surface area (Å²) in [6.45, 7) is 3.35. The molecule has 4 aromatic rings. The van der Waals surface area contributed by atoms with Gasteiger partial charge in [-0.1, -0.05) is 80.1 Å². The van der Waals surface area contributed by atoms with Crippen molar-refractivity contribution in [1.82, 2.24) is 9.55 Å². The van der Waals surface area contributed by atoms with Crippen molar-refractivity contribution in [2.75, 3.05) is 14.2 Å². The number of rotatable bonds is 10. The van der Waals surface area contributed by atoms with Gasteiger partial charge >= 0.3 is 5.69 Å². The average molecular weight is 603 g/mol. The number of aromatic amines is 1. The number of hydrogen-bond donors (Lipinski definition) is 4. The number of H-pyrrole nitrogens is 1. The van der Waals surface area contributed by atoms with Gasteiger partial charge in [-0.2, -0.15) is 0 Å². The Bertz CT molecular complexity index is 1670. The first-order chi connectivity index (χ1) is 21.1. The molecule has 3 aromatic carbocycles. The van der Waals surface area contributed by atoms with Crippen molar-refractivity contribution in [3.8, 4) is 11.5 Å². The molecule has 4 N–H and O–H groups in total. The molecule has 0 saturated carbocycles. The van der Waals surface area contributed by atoms with Crippen molar-refractivity contribution in [3.63, 3.8) is 0 Å². The van der Waals surface area contributed by atoms with Gasteiger partial charge in [0.15, 0.2) is 6.23 Å². The molecule has 0 bridgehead atoms. The lowest BCUT2D eigenvalue weighted by Gasteiger charge is -2.45. The highest BCUT2D eigenvalue weighted by atomic mass is 16.6. The van der Waals surface area contributed by atoms with Crippen LogP contribution in [-0.2, 0) is 10.2 Å². The first kappa shape index (κ1) is 31.2. The molecule has 0 radical (unpaired) electrons. The summed E-state index contributed by atoms with van der Waals surface area (Å²) in [6, 6.07) is 23.8. The molecular weight excluding hydrogens is 564 g/mol. The largest absolute Gasteiger partial charge is 0.496 e. The molecule has 10 nitrogen and oxygen atoms in total. The summed E-state index contributed by atoms with van der Waals surface area (Å²) >= 11 is 0. The molecule has 10 heteroatoms. The molecular formula is C34H38N2O8. The van der Waals surface area contributed by atoms with Crippen molar-refractivity contribution in [2.24, 2.45) is 0 Å². The third-order valence-electron chi connectivity index (χ3n) is 8.65. The molecule has 0 spiro atoms. The van der Waals surface area contributed by atoms with Gasteiger partial charge in [0.2, 0.25) is 0 Å². The predicted octanol–water partition coefficient (Wildman–Crippen LogP) is 3.05. The van der Waals surface area contributed by atoms with Gasteiger partial charge in [-0.3, -0.25) is 14.3 Å². The van der Waals surface area contributed by atoms with E-state index in [2.05, 4.69) is 4.98 Å². The van der Waals surface area contributed by atoms with Gasteiger partial charge in [0, 0.05) is 22.9 Å². The molecule has 1 aromatic heterocycles. The number of aliphatic hydroxyl groups excluding tert-OH is 2. The number of aromatic nitrogens is 2. The number of hydrogen-bond acceptors (Lipinski definition) is 8. The van der Waals surface area contributed by atoms with Crippen LogP contribution in [0, 0.1) is 6.92 Å². The van der Waals surface area contributed by atoms with Crippen LogP contribution in [0.2, 0.25) is 0 Å². The molecule has 44 heavy (non-hydrogen) atoms. The minimum absolute atomic E-state index is 0.0339. The lowest BCUT2D eigenvalue weighted by molar-refractivity contribution is -0.137. The topological polar surface area (TPSA) is 143 Å². The molecule has 0 aliphatic carbocycles. The van der Waals surface area contributed by atoms with Crippen LogP contribution in [0.5, 0.6) is 11.5 Å². The van der Waals surface area contributed by atoms with Gasteiger partial charge in [-0.05, 0) is 31.0 Å². The fourth-order valence-electron chi connectivity index (χ4n) is 6.60.